The van der Waals surface area contributed by atoms with Crippen LogP contribution in [0, 0.1) is 17.3 Å². The molecular formula is C14H28N2O. The first-order chi connectivity index (χ1) is 7.99. The second-order valence-corrected chi connectivity index (χ2v) is 6.08. The summed E-state index contributed by atoms with van der Waals surface area (Å²) in [4.78, 5) is 11.7. The van der Waals surface area contributed by atoms with Gasteiger partial charge in [0, 0.05) is 13.0 Å². The van der Waals surface area contributed by atoms with Gasteiger partial charge in [-0.3, -0.25) is 4.79 Å². The molecule has 3 N–H and O–H groups in total. The van der Waals surface area contributed by atoms with Crippen LogP contribution < -0.4 is 11.1 Å². The smallest absolute Gasteiger partial charge is 0.220 e. The lowest BCUT2D eigenvalue weighted by Crippen LogP contribution is -2.27. The zero-order valence-electron chi connectivity index (χ0n) is 11.6. The van der Waals surface area contributed by atoms with E-state index in [1.54, 1.807) is 0 Å². The number of nitrogens with one attached hydrogen (secondary N) is 1. The van der Waals surface area contributed by atoms with Crippen LogP contribution in [0.25, 0.3) is 0 Å². The molecule has 1 fully saturated rings. The number of carbonyl (C=O) groups is 1. The molecular weight excluding hydrogens is 212 g/mol. The largest absolute Gasteiger partial charge is 0.356 e. The first-order valence-electron chi connectivity index (χ1n) is 6.96. The Hall–Kier alpha value is -0.570. The van der Waals surface area contributed by atoms with Crippen LogP contribution in [0.5, 0.6) is 0 Å². The monoisotopic (exact) mass is 240 g/mol. The third kappa shape index (κ3) is 5.07. The number of carbonyl (C=O) groups excluding carboxylic acids is 1. The molecule has 0 radical (unpaired) electrons. The number of nitrogens with two attached hydrogens (primary N) is 1. The highest BCUT2D eigenvalue weighted by molar-refractivity contribution is 5.75. The molecule has 2 atom stereocenters. The average Bonchev–Trinajstić information content (AvgIpc) is 2.89. The van der Waals surface area contributed by atoms with Crippen LogP contribution in [0.2, 0.25) is 0 Å². The lowest BCUT2D eigenvalue weighted by molar-refractivity contribution is -0.121. The topological polar surface area (TPSA) is 55.1 Å². The lowest BCUT2D eigenvalue weighted by atomic mass is 9.96. The van der Waals surface area contributed by atoms with Gasteiger partial charge in [-0.2, -0.15) is 0 Å². The standard InChI is InChI=1S/C14H28N2O/c1-4-11(7-8-15)5-6-13(17)16-10-12-9-14(12,2)3/h11-12H,4-10,15H2,1-3H3,(H,16,17). The molecule has 0 aliphatic heterocycles. The van der Waals surface area contributed by atoms with Gasteiger partial charge in [0.15, 0.2) is 0 Å². The minimum Gasteiger partial charge on any atom is -0.356 e. The van der Waals surface area contributed by atoms with Gasteiger partial charge in [-0.1, -0.05) is 27.2 Å². The van der Waals surface area contributed by atoms with Gasteiger partial charge >= 0.3 is 0 Å². The van der Waals surface area contributed by atoms with Gasteiger partial charge in [0.25, 0.3) is 0 Å². The highest BCUT2D eigenvalue weighted by Crippen LogP contribution is 2.50. The Balaban J connectivity index is 2.08. The number of hydrogen-bond donors (Lipinski definition) is 2. The molecule has 100 valence electrons. The molecule has 1 aliphatic rings. The highest BCUT2D eigenvalue weighted by Gasteiger charge is 2.45. The molecule has 0 heterocycles. The minimum absolute atomic E-state index is 0.211. The van der Waals surface area contributed by atoms with Crippen molar-refractivity contribution < 1.29 is 4.79 Å². The molecule has 1 rings (SSSR count). The molecule has 1 aliphatic carbocycles. The maximum absolute atomic E-state index is 11.7. The fourth-order valence-corrected chi connectivity index (χ4v) is 2.37. The Morgan fingerprint density at radius 2 is 2.12 bits per heavy atom. The molecule has 2 unspecified atom stereocenters. The maximum atomic E-state index is 11.7. The van der Waals surface area contributed by atoms with E-state index < -0.39 is 0 Å². The van der Waals surface area contributed by atoms with Gasteiger partial charge in [0.05, 0.1) is 0 Å². The second kappa shape index (κ2) is 6.39. The van der Waals surface area contributed by atoms with Crippen molar-refractivity contribution >= 4 is 5.91 Å². The minimum atomic E-state index is 0.211. The second-order valence-electron chi connectivity index (χ2n) is 6.08. The molecule has 0 aromatic rings. The van der Waals surface area contributed by atoms with E-state index in [0.717, 1.165) is 32.4 Å². The summed E-state index contributed by atoms with van der Waals surface area (Å²) >= 11 is 0. The average molecular weight is 240 g/mol. The van der Waals surface area contributed by atoms with Crippen LogP contribution in [0.4, 0.5) is 0 Å². The van der Waals surface area contributed by atoms with Gasteiger partial charge in [-0.25, -0.2) is 0 Å². The molecule has 3 heteroatoms. The zero-order chi connectivity index (χ0) is 12.9. The SMILES string of the molecule is CCC(CCN)CCC(=O)NCC1CC1(C)C. The molecule has 0 aromatic carbocycles. The quantitative estimate of drug-likeness (QED) is 0.684. The van der Waals surface area contributed by atoms with E-state index in [4.69, 9.17) is 5.73 Å². The van der Waals surface area contributed by atoms with Crippen LogP contribution in [0.15, 0.2) is 0 Å². The lowest BCUT2D eigenvalue weighted by Gasteiger charge is -2.13. The van der Waals surface area contributed by atoms with Crippen molar-refractivity contribution in [1.29, 1.82) is 0 Å². The van der Waals surface area contributed by atoms with Gasteiger partial charge in [-0.05, 0) is 43.1 Å². The van der Waals surface area contributed by atoms with Crippen LogP contribution in [0.1, 0.15) is 52.9 Å². The molecule has 0 bridgehead atoms. The van der Waals surface area contributed by atoms with Crippen LogP contribution >= 0.6 is 0 Å². The highest BCUT2D eigenvalue weighted by atomic mass is 16.1. The predicted molar refractivity (Wildman–Crippen MR) is 71.6 cm³/mol. The van der Waals surface area contributed by atoms with Crippen molar-refractivity contribution in [2.45, 2.75) is 52.9 Å². The van der Waals surface area contributed by atoms with Crippen molar-refractivity contribution in [2.24, 2.45) is 23.0 Å². The van der Waals surface area contributed by atoms with E-state index in [1.807, 2.05) is 0 Å². The Morgan fingerprint density at radius 1 is 1.47 bits per heavy atom. The molecule has 1 amide bonds. The fraction of sp³-hybridized carbons (Fsp3) is 0.929. The molecule has 1 saturated carbocycles. The van der Waals surface area contributed by atoms with E-state index >= 15 is 0 Å². The summed E-state index contributed by atoms with van der Waals surface area (Å²) < 4.78 is 0. The molecule has 0 saturated heterocycles. The first kappa shape index (κ1) is 14.5. The summed E-state index contributed by atoms with van der Waals surface area (Å²) in [6, 6.07) is 0. The zero-order valence-corrected chi connectivity index (χ0v) is 11.6. The third-order valence-electron chi connectivity index (χ3n) is 4.20. The fourth-order valence-electron chi connectivity index (χ4n) is 2.37. The Labute approximate surface area is 106 Å². The predicted octanol–water partition coefficient (Wildman–Crippen LogP) is 2.30. The summed E-state index contributed by atoms with van der Waals surface area (Å²) in [6.45, 7) is 8.29. The van der Waals surface area contributed by atoms with E-state index in [2.05, 4.69) is 26.1 Å². The summed E-state index contributed by atoms with van der Waals surface area (Å²) in [5, 5.41) is 3.05. The van der Waals surface area contributed by atoms with Crippen molar-refractivity contribution in [2.75, 3.05) is 13.1 Å². The van der Waals surface area contributed by atoms with Gasteiger partial charge in [-0.15, -0.1) is 0 Å². The van der Waals surface area contributed by atoms with Crippen molar-refractivity contribution in [3.63, 3.8) is 0 Å². The maximum Gasteiger partial charge on any atom is 0.220 e. The van der Waals surface area contributed by atoms with Crippen molar-refractivity contribution in [3.8, 4) is 0 Å². The van der Waals surface area contributed by atoms with Crippen LogP contribution in [-0.2, 0) is 4.79 Å². The number of rotatable bonds is 8. The number of hydrogen-bond acceptors (Lipinski definition) is 2. The van der Waals surface area contributed by atoms with E-state index in [0.29, 0.717) is 23.7 Å². The van der Waals surface area contributed by atoms with Crippen molar-refractivity contribution in [3.05, 3.63) is 0 Å². The van der Waals surface area contributed by atoms with Crippen molar-refractivity contribution in [1.82, 2.24) is 5.32 Å². The first-order valence-corrected chi connectivity index (χ1v) is 6.96. The van der Waals surface area contributed by atoms with Gasteiger partial charge in [0.2, 0.25) is 5.91 Å². The van der Waals surface area contributed by atoms with Crippen LogP contribution in [-0.4, -0.2) is 19.0 Å². The summed E-state index contributed by atoms with van der Waals surface area (Å²) in [7, 11) is 0. The Morgan fingerprint density at radius 3 is 2.59 bits per heavy atom. The Bertz CT molecular complexity index is 251. The molecule has 0 aromatic heterocycles. The van der Waals surface area contributed by atoms with Crippen LogP contribution in [0.3, 0.4) is 0 Å². The van der Waals surface area contributed by atoms with Gasteiger partial charge < -0.3 is 11.1 Å². The molecule has 0 spiro atoms. The van der Waals surface area contributed by atoms with E-state index in [-0.39, 0.29) is 5.91 Å². The molecule has 17 heavy (non-hydrogen) atoms. The normalized spacial score (nSPS) is 23.2. The summed E-state index contributed by atoms with van der Waals surface area (Å²) in [5.41, 5.74) is 6.00. The summed E-state index contributed by atoms with van der Waals surface area (Å²) in [6.07, 6.45) is 5.05. The Kier molecular flexibility index (Phi) is 5.44. The van der Waals surface area contributed by atoms with Gasteiger partial charge in [0.1, 0.15) is 0 Å². The summed E-state index contributed by atoms with van der Waals surface area (Å²) in [5.74, 6) is 1.52. The third-order valence-corrected chi connectivity index (χ3v) is 4.20. The van der Waals surface area contributed by atoms with E-state index in [9.17, 15) is 4.79 Å². The molecule has 3 nitrogen and oxygen atoms in total. The van der Waals surface area contributed by atoms with E-state index in [1.165, 1.54) is 6.42 Å². The number of amides is 1.